The second-order valence-electron chi connectivity index (χ2n) is 8.83. The van der Waals surface area contributed by atoms with E-state index in [1.165, 1.54) is 6.08 Å². The highest BCUT2D eigenvalue weighted by Crippen LogP contribution is 2.23. The van der Waals surface area contributed by atoms with Gasteiger partial charge in [0, 0.05) is 30.6 Å². The van der Waals surface area contributed by atoms with Gasteiger partial charge in [0.15, 0.2) is 0 Å². The number of hydrogen-bond acceptors (Lipinski definition) is 7. The molecule has 0 saturated carbocycles. The van der Waals surface area contributed by atoms with E-state index in [9.17, 15) is 9.59 Å². The molecule has 206 valence electrons. The van der Waals surface area contributed by atoms with Crippen LogP contribution in [0.4, 0.5) is 0 Å². The molecule has 3 rings (SSSR count). The first kappa shape index (κ1) is 29.6. The van der Waals surface area contributed by atoms with Gasteiger partial charge in [-0.15, -0.1) is 0 Å². The number of ether oxygens (including phenoxy) is 4. The van der Waals surface area contributed by atoms with E-state index in [0.717, 1.165) is 34.1 Å². The van der Waals surface area contributed by atoms with Crippen molar-refractivity contribution in [2.24, 2.45) is 0 Å². The summed E-state index contributed by atoms with van der Waals surface area (Å²) in [4.78, 5) is 23.3. The van der Waals surface area contributed by atoms with Crippen LogP contribution in [0.1, 0.15) is 24.5 Å². The monoisotopic (exact) mass is 539 g/mol. The third kappa shape index (κ3) is 10.1. The van der Waals surface area contributed by atoms with E-state index in [2.05, 4.69) is 13.2 Å². The molecular formula is C33H33NO6. The molecule has 0 radical (unpaired) electrons. The first-order valence-electron chi connectivity index (χ1n) is 12.8. The van der Waals surface area contributed by atoms with Gasteiger partial charge in [-0.3, -0.25) is 5.41 Å². The van der Waals surface area contributed by atoms with Gasteiger partial charge in [-0.1, -0.05) is 61.7 Å². The lowest BCUT2D eigenvalue weighted by molar-refractivity contribution is -0.137. The fourth-order valence-electron chi connectivity index (χ4n) is 3.44. The molecule has 3 aromatic rings. The maximum absolute atomic E-state index is 12.2. The summed E-state index contributed by atoms with van der Waals surface area (Å²) in [7, 11) is 0. The molecule has 7 nitrogen and oxygen atoms in total. The minimum absolute atomic E-state index is 0.107. The quantitative estimate of drug-likeness (QED) is 0.0621. The molecule has 0 spiro atoms. The van der Waals surface area contributed by atoms with Crippen molar-refractivity contribution < 1.29 is 28.5 Å². The maximum atomic E-state index is 12.2. The largest absolute Gasteiger partial charge is 0.493 e. The van der Waals surface area contributed by atoms with E-state index in [0.29, 0.717) is 37.4 Å². The lowest BCUT2D eigenvalue weighted by Crippen LogP contribution is -2.08. The second kappa shape index (κ2) is 15.5. The maximum Gasteiger partial charge on any atom is 0.336 e. The number of esters is 2. The normalized spacial score (nSPS) is 10.5. The van der Waals surface area contributed by atoms with Crippen molar-refractivity contribution in [3.05, 3.63) is 115 Å². The predicted molar refractivity (Wildman–Crippen MR) is 156 cm³/mol. The number of benzene rings is 3. The van der Waals surface area contributed by atoms with Gasteiger partial charge in [-0.25, -0.2) is 9.59 Å². The van der Waals surface area contributed by atoms with Gasteiger partial charge in [0.05, 0.1) is 19.8 Å². The second-order valence-corrected chi connectivity index (χ2v) is 8.83. The van der Waals surface area contributed by atoms with Crippen molar-refractivity contribution in [1.29, 1.82) is 5.41 Å². The molecule has 0 bridgehead atoms. The topological polar surface area (TPSA) is 94.9 Å². The van der Waals surface area contributed by atoms with Gasteiger partial charge in [0.25, 0.3) is 0 Å². The van der Waals surface area contributed by atoms with Crippen LogP contribution in [0.5, 0.6) is 11.5 Å². The minimum atomic E-state index is -0.479. The highest BCUT2D eigenvalue weighted by molar-refractivity contribution is 5.89. The van der Waals surface area contributed by atoms with E-state index in [1.54, 1.807) is 25.1 Å². The third-order valence-electron chi connectivity index (χ3n) is 5.65. The molecule has 3 aromatic carbocycles. The SMILES string of the molecule is C=CC(=O)OCCc1ccc(OC(=O)/C=C/c2ccc(-c3ccc(OCCCOC(=N)C(=C)C)cc3)cc2)cc1. The van der Waals surface area contributed by atoms with Gasteiger partial charge in [-0.05, 0) is 59.5 Å². The summed E-state index contributed by atoms with van der Waals surface area (Å²) >= 11 is 0. The summed E-state index contributed by atoms with van der Waals surface area (Å²) < 4.78 is 21.3. The fraction of sp³-hybridized carbons (Fsp3) is 0.182. The standard InChI is InChI=1S/C33H33NO6/c1-4-31(35)38-23-20-26-8-15-30(16-9-26)40-32(36)19-10-25-6-11-27(12-7-25)28-13-17-29(18-14-28)37-21-5-22-39-33(34)24(2)3/h4,6-19,34H,1-2,5,20-23H2,3H3/b19-10+,34-33?. The molecule has 40 heavy (non-hydrogen) atoms. The summed E-state index contributed by atoms with van der Waals surface area (Å²) in [5, 5.41) is 7.58. The zero-order valence-electron chi connectivity index (χ0n) is 22.6. The highest BCUT2D eigenvalue weighted by atomic mass is 16.5. The molecule has 1 N–H and O–H groups in total. The molecule has 0 fully saturated rings. The molecule has 0 saturated heterocycles. The van der Waals surface area contributed by atoms with Crippen molar-refractivity contribution in [2.45, 2.75) is 19.8 Å². The molecule has 0 unspecified atom stereocenters. The zero-order valence-corrected chi connectivity index (χ0v) is 22.6. The summed E-state index contributed by atoms with van der Waals surface area (Å²) in [5.41, 5.74) is 4.51. The van der Waals surface area contributed by atoms with Crippen LogP contribution in [0.2, 0.25) is 0 Å². The Balaban J connectivity index is 1.43. The molecule has 0 heterocycles. The molecular weight excluding hydrogens is 506 g/mol. The van der Waals surface area contributed by atoms with E-state index in [4.69, 9.17) is 24.4 Å². The van der Waals surface area contributed by atoms with Crippen molar-refractivity contribution in [1.82, 2.24) is 0 Å². The van der Waals surface area contributed by atoms with Crippen LogP contribution in [-0.4, -0.2) is 37.7 Å². The van der Waals surface area contributed by atoms with Gasteiger partial charge < -0.3 is 18.9 Å². The molecule has 0 amide bonds. The summed E-state index contributed by atoms with van der Waals surface area (Å²) in [6.45, 7) is 9.92. The van der Waals surface area contributed by atoms with Crippen molar-refractivity contribution in [3.63, 3.8) is 0 Å². The molecule has 0 atom stereocenters. The van der Waals surface area contributed by atoms with Crippen molar-refractivity contribution in [2.75, 3.05) is 19.8 Å². The number of nitrogens with one attached hydrogen (secondary N) is 1. The predicted octanol–water partition coefficient (Wildman–Crippen LogP) is 6.58. The van der Waals surface area contributed by atoms with E-state index >= 15 is 0 Å². The Labute approximate surface area is 234 Å². The van der Waals surface area contributed by atoms with Crippen LogP contribution >= 0.6 is 0 Å². The molecule has 0 aliphatic carbocycles. The summed E-state index contributed by atoms with van der Waals surface area (Å²) in [6.07, 6.45) is 5.44. The zero-order chi connectivity index (χ0) is 28.7. The molecule has 0 aliphatic heterocycles. The summed E-state index contributed by atoms with van der Waals surface area (Å²) in [5.74, 6) is 0.370. The molecule has 0 aromatic heterocycles. The number of hydrogen-bond donors (Lipinski definition) is 1. The fourth-order valence-corrected chi connectivity index (χ4v) is 3.44. The van der Waals surface area contributed by atoms with E-state index in [1.807, 2.05) is 60.7 Å². The van der Waals surface area contributed by atoms with Gasteiger partial charge in [-0.2, -0.15) is 0 Å². The first-order chi connectivity index (χ1) is 19.3. The van der Waals surface area contributed by atoms with Crippen LogP contribution in [-0.2, 0) is 25.5 Å². The van der Waals surface area contributed by atoms with Crippen LogP contribution in [0.3, 0.4) is 0 Å². The number of carbonyl (C=O) groups excluding carboxylic acids is 2. The van der Waals surface area contributed by atoms with Crippen LogP contribution < -0.4 is 9.47 Å². The smallest absolute Gasteiger partial charge is 0.336 e. The number of rotatable bonds is 14. The van der Waals surface area contributed by atoms with Crippen molar-refractivity contribution in [3.8, 4) is 22.6 Å². The molecule has 0 aliphatic rings. The first-order valence-corrected chi connectivity index (χ1v) is 12.8. The van der Waals surface area contributed by atoms with E-state index < -0.39 is 11.9 Å². The molecule has 7 heteroatoms. The van der Waals surface area contributed by atoms with Gasteiger partial charge in [0.1, 0.15) is 11.5 Å². The Morgan fingerprint density at radius 3 is 2.05 bits per heavy atom. The Morgan fingerprint density at radius 2 is 1.43 bits per heavy atom. The van der Waals surface area contributed by atoms with Gasteiger partial charge in [0.2, 0.25) is 5.90 Å². The Morgan fingerprint density at radius 1 is 0.800 bits per heavy atom. The Hall–Kier alpha value is -4.91. The summed E-state index contributed by atoms with van der Waals surface area (Å²) in [6, 6.07) is 22.7. The minimum Gasteiger partial charge on any atom is -0.493 e. The van der Waals surface area contributed by atoms with E-state index in [-0.39, 0.29) is 12.5 Å². The van der Waals surface area contributed by atoms with Crippen molar-refractivity contribution >= 4 is 23.9 Å². The average molecular weight is 540 g/mol. The van der Waals surface area contributed by atoms with Crippen LogP contribution in [0.25, 0.3) is 17.2 Å². The lowest BCUT2D eigenvalue weighted by atomic mass is 10.0. The lowest BCUT2D eigenvalue weighted by Gasteiger charge is -2.09. The third-order valence-corrected chi connectivity index (χ3v) is 5.65. The van der Waals surface area contributed by atoms with Crippen LogP contribution in [0.15, 0.2) is 104 Å². The highest BCUT2D eigenvalue weighted by Gasteiger charge is 2.04. The Kier molecular flexibility index (Phi) is 11.5. The average Bonchev–Trinajstić information content (AvgIpc) is 2.97. The Bertz CT molecular complexity index is 1340. The number of carbonyl (C=O) groups is 2. The van der Waals surface area contributed by atoms with Gasteiger partial charge >= 0.3 is 11.9 Å². The van der Waals surface area contributed by atoms with Crippen LogP contribution in [0, 0.1) is 5.41 Å².